The molecule has 1 aliphatic heterocycles. The number of nitrogens with one attached hydrogen (secondary N) is 1. The van der Waals surface area contributed by atoms with E-state index in [2.05, 4.69) is 31.2 Å². The molecule has 5 nitrogen and oxygen atoms in total. The fraction of sp³-hybridized carbons (Fsp3) is 0.118. The van der Waals surface area contributed by atoms with Crippen LogP contribution in [0, 0.1) is 0 Å². The van der Waals surface area contributed by atoms with Gasteiger partial charge >= 0.3 is 0 Å². The molecule has 1 atom stereocenters. The molecule has 1 aliphatic rings. The van der Waals surface area contributed by atoms with Crippen molar-refractivity contribution in [3.05, 3.63) is 70.8 Å². The van der Waals surface area contributed by atoms with Crippen molar-refractivity contribution < 1.29 is 4.79 Å². The Morgan fingerprint density at radius 2 is 2.21 bits per heavy atom. The van der Waals surface area contributed by atoms with Gasteiger partial charge in [0.1, 0.15) is 6.33 Å². The van der Waals surface area contributed by atoms with Crippen LogP contribution >= 0.6 is 27.7 Å². The second-order valence-electron chi connectivity index (χ2n) is 5.35. The van der Waals surface area contributed by atoms with E-state index in [9.17, 15) is 4.79 Å². The molecule has 0 radical (unpaired) electrons. The number of carbonyl (C=O) groups excluding carboxylic acids is 1. The van der Waals surface area contributed by atoms with Gasteiger partial charge in [-0.15, -0.1) is 11.8 Å². The lowest BCUT2D eigenvalue weighted by molar-refractivity contribution is -0.113. The molecule has 24 heavy (non-hydrogen) atoms. The first-order valence-corrected chi connectivity index (χ1v) is 9.21. The van der Waals surface area contributed by atoms with Crippen LogP contribution in [-0.4, -0.2) is 26.2 Å². The topological polar surface area (TPSA) is 59.8 Å². The lowest BCUT2D eigenvalue weighted by Crippen LogP contribution is -2.12. The second-order valence-corrected chi connectivity index (χ2v) is 7.36. The average Bonchev–Trinajstić information content (AvgIpc) is 2.92. The summed E-state index contributed by atoms with van der Waals surface area (Å²) in [7, 11) is 0. The van der Waals surface area contributed by atoms with Crippen LogP contribution in [0.25, 0.3) is 5.69 Å². The molecule has 0 saturated carbocycles. The van der Waals surface area contributed by atoms with Gasteiger partial charge in [0.2, 0.25) is 5.91 Å². The quantitative estimate of drug-likeness (QED) is 0.710. The van der Waals surface area contributed by atoms with E-state index in [1.54, 1.807) is 24.3 Å². The molecule has 0 unspecified atom stereocenters. The zero-order valence-electron chi connectivity index (χ0n) is 12.5. The number of aromatic nitrogens is 3. The number of thioether (sulfide) groups is 1. The van der Waals surface area contributed by atoms with Crippen LogP contribution in [0.3, 0.4) is 0 Å². The molecule has 1 N–H and O–H groups in total. The van der Waals surface area contributed by atoms with Crippen molar-refractivity contribution in [1.29, 1.82) is 0 Å². The van der Waals surface area contributed by atoms with E-state index in [-0.39, 0.29) is 11.2 Å². The van der Waals surface area contributed by atoms with E-state index in [1.165, 1.54) is 0 Å². The summed E-state index contributed by atoms with van der Waals surface area (Å²) in [6, 6.07) is 11.9. The molecule has 4 rings (SSSR count). The lowest BCUT2D eigenvalue weighted by Gasteiger charge is -2.17. The Labute approximate surface area is 151 Å². The Kier molecular flexibility index (Phi) is 4.12. The van der Waals surface area contributed by atoms with Gasteiger partial charge in [-0.25, -0.2) is 4.98 Å². The van der Waals surface area contributed by atoms with Gasteiger partial charge in [-0.3, -0.25) is 14.3 Å². The van der Waals surface area contributed by atoms with Gasteiger partial charge in [0.05, 0.1) is 16.7 Å². The first-order valence-electron chi connectivity index (χ1n) is 7.37. The van der Waals surface area contributed by atoms with Crippen LogP contribution in [0.4, 0.5) is 5.82 Å². The smallest absolute Gasteiger partial charge is 0.235 e. The Bertz CT molecular complexity index is 897. The zero-order valence-corrected chi connectivity index (χ0v) is 14.9. The number of hydrogen-bond acceptors (Lipinski definition) is 4. The van der Waals surface area contributed by atoms with Crippen LogP contribution < -0.4 is 5.32 Å². The van der Waals surface area contributed by atoms with Gasteiger partial charge in [0, 0.05) is 22.6 Å². The maximum Gasteiger partial charge on any atom is 0.235 e. The highest BCUT2D eigenvalue weighted by Crippen LogP contribution is 2.41. The van der Waals surface area contributed by atoms with E-state index < -0.39 is 0 Å². The molecule has 120 valence electrons. The number of nitrogens with zero attached hydrogens (tertiary/aromatic N) is 3. The number of fused-ring (bicyclic) bond motifs is 1. The first kappa shape index (κ1) is 15.4. The highest BCUT2D eigenvalue weighted by Gasteiger charge is 2.29. The molecular formula is C17H13BrN4OS. The Morgan fingerprint density at radius 3 is 3.00 bits per heavy atom. The molecule has 3 aromatic rings. The number of amides is 1. The molecule has 1 amide bonds. The highest BCUT2D eigenvalue weighted by molar-refractivity contribution is 9.10. The SMILES string of the molecule is O=C1CS[C@H](c2cccnc2)c2c(ncn2-c2cccc(Br)c2)N1. The van der Waals surface area contributed by atoms with Crippen molar-refractivity contribution in [2.75, 3.05) is 11.1 Å². The summed E-state index contributed by atoms with van der Waals surface area (Å²) < 4.78 is 3.02. The fourth-order valence-electron chi connectivity index (χ4n) is 2.73. The van der Waals surface area contributed by atoms with Crippen molar-refractivity contribution in [2.45, 2.75) is 5.25 Å². The molecular weight excluding hydrogens is 388 g/mol. The monoisotopic (exact) mass is 400 g/mol. The molecule has 2 aromatic heterocycles. The number of imidazole rings is 1. The third-order valence-electron chi connectivity index (χ3n) is 3.77. The maximum absolute atomic E-state index is 12.0. The fourth-order valence-corrected chi connectivity index (χ4v) is 4.22. The van der Waals surface area contributed by atoms with Gasteiger partial charge < -0.3 is 5.32 Å². The number of anilines is 1. The summed E-state index contributed by atoms with van der Waals surface area (Å²) in [5, 5.41) is 2.88. The van der Waals surface area contributed by atoms with Gasteiger partial charge in [0.15, 0.2) is 5.82 Å². The van der Waals surface area contributed by atoms with Crippen molar-refractivity contribution >= 4 is 39.4 Å². The zero-order chi connectivity index (χ0) is 16.5. The summed E-state index contributed by atoms with van der Waals surface area (Å²) in [5.41, 5.74) is 3.00. The predicted octanol–water partition coefficient (Wildman–Crippen LogP) is 3.80. The molecule has 3 heterocycles. The van der Waals surface area contributed by atoms with Crippen molar-refractivity contribution in [3.8, 4) is 5.69 Å². The summed E-state index contributed by atoms with van der Waals surface area (Å²) >= 11 is 5.09. The normalized spacial score (nSPS) is 17.0. The van der Waals surface area contributed by atoms with E-state index in [1.807, 2.05) is 47.2 Å². The summed E-state index contributed by atoms with van der Waals surface area (Å²) in [6.45, 7) is 0. The summed E-state index contributed by atoms with van der Waals surface area (Å²) in [4.78, 5) is 20.7. The van der Waals surface area contributed by atoms with Gasteiger partial charge in [-0.1, -0.05) is 28.1 Å². The third kappa shape index (κ3) is 2.85. The summed E-state index contributed by atoms with van der Waals surface area (Å²) in [6.07, 6.45) is 5.35. The van der Waals surface area contributed by atoms with Crippen LogP contribution in [0.15, 0.2) is 59.6 Å². The van der Waals surface area contributed by atoms with Crippen molar-refractivity contribution in [2.24, 2.45) is 0 Å². The minimum absolute atomic E-state index is 0.0193. The van der Waals surface area contributed by atoms with E-state index >= 15 is 0 Å². The number of pyridine rings is 1. The first-order chi connectivity index (χ1) is 11.7. The molecule has 7 heteroatoms. The van der Waals surface area contributed by atoms with E-state index in [0.717, 1.165) is 21.4 Å². The average molecular weight is 401 g/mol. The molecule has 1 aromatic carbocycles. The van der Waals surface area contributed by atoms with Crippen molar-refractivity contribution in [1.82, 2.24) is 14.5 Å². The maximum atomic E-state index is 12.0. The molecule has 0 bridgehead atoms. The van der Waals surface area contributed by atoms with Gasteiger partial charge in [-0.05, 0) is 29.8 Å². The van der Waals surface area contributed by atoms with Gasteiger partial charge in [0.25, 0.3) is 0 Å². The Hall–Kier alpha value is -2.12. The molecule has 0 saturated heterocycles. The lowest BCUT2D eigenvalue weighted by atomic mass is 10.1. The molecule has 0 fully saturated rings. The van der Waals surface area contributed by atoms with Crippen molar-refractivity contribution in [3.63, 3.8) is 0 Å². The minimum atomic E-state index is -0.0351. The number of hydrogen-bond donors (Lipinski definition) is 1. The Morgan fingerprint density at radius 1 is 1.29 bits per heavy atom. The van der Waals surface area contributed by atoms with Crippen LogP contribution in [0.1, 0.15) is 16.5 Å². The largest absolute Gasteiger partial charge is 0.308 e. The predicted molar refractivity (Wildman–Crippen MR) is 98.4 cm³/mol. The molecule has 0 aliphatic carbocycles. The molecule has 0 spiro atoms. The van der Waals surface area contributed by atoms with E-state index in [0.29, 0.717) is 11.6 Å². The van der Waals surface area contributed by atoms with Crippen LogP contribution in [0.5, 0.6) is 0 Å². The number of rotatable bonds is 2. The van der Waals surface area contributed by atoms with Crippen LogP contribution in [-0.2, 0) is 4.79 Å². The third-order valence-corrected chi connectivity index (χ3v) is 5.52. The number of carbonyl (C=O) groups is 1. The Balaban J connectivity index is 1.89. The number of halogens is 1. The van der Waals surface area contributed by atoms with Gasteiger partial charge in [-0.2, -0.15) is 0 Å². The highest BCUT2D eigenvalue weighted by atomic mass is 79.9. The second kappa shape index (κ2) is 6.41. The summed E-state index contributed by atoms with van der Waals surface area (Å²) in [5.74, 6) is 0.958. The standard InChI is InChI=1S/C17H13BrN4OS/c18-12-4-1-5-13(7-12)22-10-20-17-15(22)16(24-9-14(23)21-17)11-3-2-6-19-8-11/h1-8,10,16H,9H2,(H,21,23)/t16-/m1/s1. The van der Waals surface area contributed by atoms with E-state index in [4.69, 9.17) is 0 Å². The minimum Gasteiger partial charge on any atom is -0.308 e. The van der Waals surface area contributed by atoms with Crippen LogP contribution in [0.2, 0.25) is 0 Å². The number of benzene rings is 1.